The summed E-state index contributed by atoms with van der Waals surface area (Å²) in [5.41, 5.74) is 10.5. The molecule has 5 aromatic rings. The summed E-state index contributed by atoms with van der Waals surface area (Å²) < 4.78 is 11.5. The average molecular weight is 382 g/mol. The molecular weight excluding hydrogens is 364 g/mol. The highest BCUT2D eigenvalue weighted by Gasteiger charge is 2.11. The SMILES string of the molecule is Nc1ccccc1-c1nnc(COc2ccc(-c3cc4ccccc4[nH]3)cc2)o1. The minimum Gasteiger partial charge on any atom is -0.484 e. The summed E-state index contributed by atoms with van der Waals surface area (Å²) in [6.45, 7) is 0.186. The van der Waals surface area contributed by atoms with Crippen LogP contribution in [0.3, 0.4) is 0 Å². The third kappa shape index (κ3) is 3.43. The van der Waals surface area contributed by atoms with E-state index < -0.39 is 0 Å². The predicted octanol–water partition coefficient (Wildman–Crippen LogP) is 5.05. The number of nitrogens with one attached hydrogen (secondary N) is 1. The molecule has 3 N–H and O–H groups in total. The lowest BCUT2D eigenvalue weighted by Crippen LogP contribution is -1.95. The number of aromatic nitrogens is 3. The topological polar surface area (TPSA) is 90.0 Å². The van der Waals surface area contributed by atoms with Crippen LogP contribution in [0.5, 0.6) is 5.75 Å². The van der Waals surface area contributed by atoms with E-state index in [0.717, 1.165) is 22.5 Å². The number of rotatable bonds is 5. The number of hydrogen-bond acceptors (Lipinski definition) is 5. The van der Waals surface area contributed by atoms with Crippen LogP contribution in [0.4, 0.5) is 5.69 Å². The predicted molar refractivity (Wildman–Crippen MR) is 112 cm³/mol. The molecule has 0 aliphatic carbocycles. The van der Waals surface area contributed by atoms with Crippen molar-refractivity contribution in [1.29, 1.82) is 0 Å². The number of nitrogen functional groups attached to an aromatic ring is 1. The fraction of sp³-hybridized carbons (Fsp3) is 0.0435. The van der Waals surface area contributed by atoms with Crippen molar-refractivity contribution >= 4 is 16.6 Å². The lowest BCUT2D eigenvalue weighted by molar-refractivity contribution is 0.264. The van der Waals surface area contributed by atoms with Crippen LogP contribution in [-0.4, -0.2) is 15.2 Å². The quantitative estimate of drug-likeness (QED) is 0.415. The summed E-state index contributed by atoms with van der Waals surface area (Å²) in [7, 11) is 0. The van der Waals surface area contributed by atoms with Gasteiger partial charge in [-0.25, -0.2) is 0 Å². The number of benzene rings is 3. The Morgan fingerprint density at radius 1 is 0.897 bits per heavy atom. The van der Waals surface area contributed by atoms with Crippen LogP contribution in [0.15, 0.2) is 83.3 Å². The molecule has 3 aromatic carbocycles. The van der Waals surface area contributed by atoms with Gasteiger partial charge >= 0.3 is 0 Å². The number of anilines is 1. The highest BCUT2D eigenvalue weighted by Crippen LogP contribution is 2.27. The number of aromatic amines is 1. The Balaban J connectivity index is 1.28. The van der Waals surface area contributed by atoms with E-state index in [9.17, 15) is 0 Å². The first-order valence-electron chi connectivity index (χ1n) is 9.24. The van der Waals surface area contributed by atoms with Gasteiger partial charge in [-0.1, -0.05) is 30.3 Å². The van der Waals surface area contributed by atoms with Crippen LogP contribution < -0.4 is 10.5 Å². The molecule has 6 heteroatoms. The Hall–Kier alpha value is -4.06. The molecule has 29 heavy (non-hydrogen) atoms. The summed E-state index contributed by atoms with van der Waals surface area (Å²) in [6, 6.07) is 25.6. The third-order valence-corrected chi connectivity index (χ3v) is 4.72. The molecule has 0 atom stereocenters. The fourth-order valence-electron chi connectivity index (χ4n) is 3.22. The Bertz CT molecular complexity index is 1240. The van der Waals surface area contributed by atoms with Crippen molar-refractivity contribution in [2.75, 3.05) is 5.73 Å². The number of nitrogens with zero attached hydrogens (tertiary/aromatic N) is 2. The minimum absolute atomic E-state index is 0.186. The van der Waals surface area contributed by atoms with E-state index in [4.69, 9.17) is 14.9 Å². The first-order valence-corrected chi connectivity index (χ1v) is 9.24. The van der Waals surface area contributed by atoms with E-state index in [2.05, 4.69) is 33.4 Å². The second-order valence-electron chi connectivity index (χ2n) is 6.67. The first kappa shape index (κ1) is 17.1. The monoisotopic (exact) mass is 382 g/mol. The summed E-state index contributed by atoms with van der Waals surface area (Å²) in [5, 5.41) is 9.28. The van der Waals surface area contributed by atoms with Crippen molar-refractivity contribution in [2.45, 2.75) is 6.61 Å². The third-order valence-electron chi connectivity index (χ3n) is 4.72. The maximum atomic E-state index is 5.95. The largest absolute Gasteiger partial charge is 0.484 e. The highest BCUT2D eigenvalue weighted by atomic mass is 16.5. The van der Waals surface area contributed by atoms with Gasteiger partial charge < -0.3 is 19.9 Å². The van der Waals surface area contributed by atoms with E-state index in [0.29, 0.717) is 23.0 Å². The molecule has 6 nitrogen and oxygen atoms in total. The zero-order chi connectivity index (χ0) is 19.6. The van der Waals surface area contributed by atoms with Crippen LogP contribution in [-0.2, 0) is 6.61 Å². The molecule has 2 aromatic heterocycles. The molecule has 0 amide bonds. The molecule has 2 heterocycles. The number of para-hydroxylation sites is 2. The van der Waals surface area contributed by atoms with Crippen LogP contribution in [0.2, 0.25) is 0 Å². The van der Waals surface area contributed by atoms with E-state index in [-0.39, 0.29) is 6.61 Å². The number of H-pyrrole nitrogens is 1. The molecule has 0 aliphatic rings. The van der Waals surface area contributed by atoms with Crippen molar-refractivity contribution in [3.63, 3.8) is 0 Å². The van der Waals surface area contributed by atoms with Gasteiger partial charge in [0, 0.05) is 22.3 Å². The van der Waals surface area contributed by atoms with E-state index in [1.54, 1.807) is 6.07 Å². The molecule has 0 radical (unpaired) electrons. The Kier molecular flexibility index (Phi) is 4.22. The fourth-order valence-corrected chi connectivity index (χ4v) is 3.22. The summed E-state index contributed by atoms with van der Waals surface area (Å²) in [5.74, 6) is 1.50. The molecule has 0 saturated carbocycles. The lowest BCUT2D eigenvalue weighted by Gasteiger charge is -2.04. The minimum atomic E-state index is 0.186. The van der Waals surface area contributed by atoms with Gasteiger partial charge in [0.2, 0.25) is 5.89 Å². The Morgan fingerprint density at radius 3 is 2.52 bits per heavy atom. The zero-order valence-corrected chi connectivity index (χ0v) is 15.5. The van der Waals surface area contributed by atoms with Crippen LogP contribution in [0.25, 0.3) is 33.6 Å². The van der Waals surface area contributed by atoms with Crippen LogP contribution in [0.1, 0.15) is 5.89 Å². The molecule has 0 fully saturated rings. The van der Waals surface area contributed by atoms with Gasteiger partial charge in [-0.15, -0.1) is 10.2 Å². The molecule has 142 valence electrons. The molecule has 0 spiro atoms. The lowest BCUT2D eigenvalue weighted by atomic mass is 10.1. The number of nitrogens with two attached hydrogens (primary N) is 1. The maximum Gasteiger partial charge on any atom is 0.254 e. The number of fused-ring (bicyclic) bond motifs is 1. The summed E-state index contributed by atoms with van der Waals surface area (Å²) in [6.07, 6.45) is 0. The number of hydrogen-bond donors (Lipinski definition) is 2. The summed E-state index contributed by atoms with van der Waals surface area (Å²) >= 11 is 0. The molecule has 0 aliphatic heterocycles. The van der Waals surface area contributed by atoms with Crippen molar-refractivity contribution < 1.29 is 9.15 Å². The molecule has 5 rings (SSSR count). The molecule has 0 unspecified atom stereocenters. The maximum absolute atomic E-state index is 5.95. The second kappa shape index (κ2) is 7.16. The second-order valence-corrected chi connectivity index (χ2v) is 6.67. The smallest absolute Gasteiger partial charge is 0.254 e. The van der Waals surface area contributed by atoms with Crippen molar-refractivity contribution in [2.24, 2.45) is 0 Å². The number of ether oxygens (including phenoxy) is 1. The standard InChI is InChI=1S/C23H18N4O2/c24-19-7-3-2-6-18(19)23-27-26-22(29-23)14-28-17-11-9-15(10-12-17)21-13-16-5-1-4-8-20(16)25-21/h1-13,25H,14,24H2. The van der Waals surface area contributed by atoms with Gasteiger partial charge in [0.1, 0.15) is 5.75 Å². The highest BCUT2D eigenvalue weighted by molar-refractivity contribution is 5.85. The Labute approximate surface area is 167 Å². The van der Waals surface area contributed by atoms with Gasteiger partial charge in [0.15, 0.2) is 6.61 Å². The van der Waals surface area contributed by atoms with E-state index in [1.807, 2.05) is 54.6 Å². The average Bonchev–Trinajstić information content (AvgIpc) is 3.40. The van der Waals surface area contributed by atoms with Gasteiger partial charge in [-0.3, -0.25) is 0 Å². The van der Waals surface area contributed by atoms with Crippen LogP contribution in [0, 0.1) is 0 Å². The van der Waals surface area contributed by atoms with Crippen molar-refractivity contribution in [3.05, 3.63) is 84.8 Å². The molecule has 0 saturated heterocycles. The van der Waals surface area contributed by atoms with Gasteiger partial charge in [0.05, 0.1) is 5.56 Å². The van der Waals surface area contributed by atoms with Crippen molar-refractivity contribution in [1.82, 2.24) is 15.2 Å². The summed E-state index contributed by atoms with van der Waals surface area (Å²) in [4.78, 5) is 3.43. The van der Waals surface area contributed by atoms with Gasteiger partial charge in [-0.2, -0.15) is 0 Å². The van der Waals surface area contributed by atoms with Crippen LogP contribution >= 0.6 is 0 Å². The zero-order valence-electron chi connectivity index (χ0n) is 15.5. The van der Waals surface area contributed by atoms with Gasteiger partial charge in [-0.05, 0) is 54.1 Å². The molecular formula is C23H18N4O2. The van der Waals surface area contributed by atoms with E-state index in [1.165, 1.54) is 5.39 Å². The molecule has 0 bridgehead atoms. The van der Waals surface area contributed by atoms with E-state index >= 15 is 0 Å². The first-order chi connectivity index (χ1) is 14.3. The van der Waals surface area contributed by atoms with Gasteiger partial charge in [0.25, 0.3) is 5.89 Å². The normalized spacial score (nSPS) is 11.0. The Morgan fingerprint density at radius 2 is 1.69 bits per heavy atom. The van der Waals surface area contributed by atoms with Crippen molar-refractivity contribution in [3.8, 4) is 28.5 Å².